The fraction of sp³-hybridized carbons (Fsp3) is 0.556. The van der Waals surface area contributed by atoms with E-state index in [1.807, 2.05) is 6.07 Å². The Morgan fingerprint density at radius 1 is 1.00 bits per heavy atom. The fourth-order valence-corrected chi connectivity index (χ4v) is 4.15. The third-order valence-electron chi connectivity index (χ3n) is 5.35. The van der Waals surface area contributed by atoms with Crippen molar-refractivity contribution in [3.63, 3.8) is 0 Å². The second kappa shape index (κ2) is 6.21. The van der Waals surface area contributed by atoms with E-state index >= 15 is 0 Å². The summed E-state index contributed by atoms with van der Waals surface area (Å²) in [7, 11) is 0. The first-order valence-electron chi connectivity index (χ1n) is 8.60. The molecule has 1 unspecified atom stereocenters. The Balaban J connectivity index is 1.84. The van der Waals surface area contributed by atoms with Gasteiger partial charge in [-0.1, -0.05) is 0 Å². The van der Waals surface area contributed by atoms with Gasteiger partial charge >= 0.3 is 0 Å². The van der Waals surface area contributed by atoms with E-state index in [-0.39, 0.29) is 11.7 Å². The fourth-order valence-electron chi connectivity index (χ4n) is 4.15. The van der Waals surface area contributed by atoms with Crippen molar-refractivity contribution < 1.29 is 8.78 Å². The molecule has 4 rings (SSSR count). The Morgan fingerprint density at radius 3 is 2.57 bits per heavy atom. The number of piperidine rings is 2. The van der Waals surface area contributed by atoms with Crippen LogP contribution in [0.2, 0.25) is 0 Å². The number of aromatic amines is 1. The lowest BCUT2D eigenvalue weighted by atomic mass is 9.83. The van der Waals surface area contributed by atoms with Gasteiger partial charge in [0, 0.05) is 35.0 Å². The number of H-pyrrole nitrogens is 1. The van der Waals surface area contributed by atoms with E-state index in [9.17, 15) is 8.78 Å². The van der Waals surface area contributed by atoms with Gasteiger partial charge in [-0.3, -0.25) is 0 Å². The van der Waals surface area contributed by atoms with E-state index < -0.39 is 6.17 Å². The average molecular weight is 319 g/mol. The van der Waals surface area contributed by atoms with Gasteiger partial charge < -0.3 is 15.6 Å². The summed E-state index contributed by atoms with van der Waals surface area (Å²) in [6.45, 7) is 3.35. The van der Waals surface area contributed by atoms with Gasteiger partial charge in [-0.25, -0.2) is 8.78 Å². The van der Waals surface area contributed by atoms with Crippen LogP contribution in [0.25, 0.3) is 10.9 Å². The molecule has 2 aliphatic rings. The molecule has 23 heavy (non-hydrogen) atoms. The molecule has 5 heteroatoms. The third-order valence-corrected chi connectivity index (χ3v) is 5.35. The predicted octanol–water partition coefficient (Wildman–Crippen LogP) is 3.19. The second-order valence-electron chi connectivity index (χ2n) is 6.78. The zero-order valence-corrected chi connectivity index (χ0v) is 13.2. The molecule has 0 amide bonds. The maximum Gasteiger partial charge on any atom is 0.125 e. The lowest BCUT2D eigenvalue weighted by Crippen LogP contribution is -2.37. The second-order valence-corrected chi connectivity index (χ2v) is 6.78. The van der Waals surface area contributed by atoms with E-state index in [0.717, 1.165) is 54.6 Å². The number of rotatable bonds is 2. The van der Waals surface area contributed by atoms with E-state index in [4.69, 9.17) is 0 Å². The number of nitrogens with one attached hydrogen (secondary N) is 3. The minimum atomic E-state index is -0.833. The molecular formula is C18H23F2N3. The van der Waals surface area contributed by atoms with Gasteiger partial charge in [0.1, 0.15) is 12.0 Å². The Bertz CT molecular complexity index is 691. The number of hydrogen-bond donors (Lipinski definition) is 3. The van der Waals surface area contributed by atoms with Gasteiger partial charge in [-0.05, 0) is 62.7 Å². The summed E-state index contributed by atoms with van der Waals surface area (Å²) in [5.74, 6) is 0.00409. The summed E-state index contributed by atoms with van der Waals surface area (Å²) in [6, 6.07) is 4.82. The van der Waals surface area contributed by atoms with Crippen LogP contribution in [0.15, 0.2) is 18.2 Å². The molecule has 3 N–H and O–H groups in total. The standard InChI is InChI=1S/C18H23F2N3/c19-12-1-2-13-16(9-12)23-18(11-3-6-21-7-4-11)17(13)14-10-22-8-5-15(14)20/h1-2,9,11,14-15,21-23H,3-8,10H2/t14?,15-/m1/s1. The first-order valence-corrected chi connectivity index (χ1v) is 8.60. The van der Waals surface area contributed by atoms with Crippen LogP contribution < -0.4 is 10.6 Å². The predicted molar refractivity (Wildman–Crippen MR) is 88.2 cm³/mol. The molecule has 2 saturated heterocycles. The SMILES string of the molecule is Fc1ccc2c(C3CNCC[C@H]3F)c(C3CCNCC3)[nH]c2c1. The Hall–Kier alpha value is -1.46. The van der Waals surface area contributed by atoms with Crippen molar-refractivity contribution in [2.75, 3.05) is 26.2 Å². The molecule has 124 valence electrons. The highest BCUT2D eigenvalue weighted by molar-refractivity contribution is 5.85. The molecule has 0 spiro atoms. The van der Waals surface area contributed by atoms with Crippen LogP contribution in [0.5, 0.6) is 0 Å². The molecule has 0 radical (unpaired) electrons. The van der Waals surface area contributed by atoms with Crippen LogP contribution in [0.3, 0.4) is 0 Å². The number of fused-ring (bicyclic) bond motifs is 1. The quantitative estimate of drug-likeness (QED) is 0.795. The van der Waals surface area contributed by atoms with Gasteiger partial charge in [-0.15, -0.1) is 0 Å². The number of alkyl halides is 1. The highest BCUT2D eigenvalue weighted by Gasteiger charge is 2.33. The third kappa shape index (κ3) is 2.76. The minimum Gasteiger partial charge on any atom is -0.358 e. The van der Waals surface area contributed by atoms with Crippen molar-refractivity contribution in [2.24, 2.45) is 0 Å². The summed E-state index contributed by atoms with van der Waals surface area (Å²) in [5, 5.41) is 7.68. The van der Waals surface area contributed by atoms with Gasteiger partial charge in [0.15, 0.2) is 0 Å². The van der Waals surface area contributed by atoms with Crippen LogP contribution >= 0.6 is 0 Å². The number of aromatic nitrogens is 1. The molecule has 3 nitrogen and oxygen atoms in total. The van der Waals surface area contributed by atoms with Crippen molar-refractivity contribution in [2.45, 2.75) is 37.3 Å². The number of halogens is 2. The molecule has 2 atom stereocenters. The lowest BCUT2D eigenvalue weighted by Gasteiger charge is -2.30. The Kier molecular flexibility index (Phi) is 4.07. The van der Waals surface area contributed by atoms with E-state index in [1.165, 1.54) is 12.1 Å². The lowest BCUT2D eigenvalue weighted by molar-refractivity contribution is 0.227. The van der Waals surface area contributed by atoms with Gasteiger partial charge in [0.05, 0.1) is 0 Å². The van der Waals surface area contributed by atoms with Crippen molar-refractivity contribution in [3.05, 3.63) is 35.3 Å². The van der Waals surface area contributed by atoms with E-state index in [0.29, 0.717) is 18.9 Å². The zero-order valence-electron chi connectivity index (χ0n) is 13.2. The number of benzene rings is 1. The first-order chi connectivity index (χ1) is 11.2. The highest BCUT2D eigenvalue weighted by atomic mass is 19.1. The summed E-state index contributed by atoms with van der Waals surface area (Å²) in [4.78, 5) is 3.43. The van der Waals surface area contributed by atoms with Crippen molar-refractivity contribution in [3.8, 4) is 0 Å². The smallest absolute Gasteiger partial charge is 0.125 e. The molecule has 3 heterocycles. The topological polar surface area (TPSA) is 39.8 Å². The first kappa shape index (κ1) is 15.1. The Labute approximate surface area is 134 Å². The molecule has 0 saturated carbocycles. The highest BCUT2D eigenvalue weighted by Crippen LogP contribution is 2.40. The van der Waals surface area contributed by atoms with E-state index in [2.05, 4.69) is 15.6 Å². The van der Waals surface area contributed by atoms with Crippen molar-refractivity contribution in [1.29, 1.82) is 0 Å². The zero-order chi connectivity index (χ0) is 15.8. The maximum atomic E-state index is 14.6. The molecule has 1 aromatic carbocycles. The molecule has 2 aromatic rings. The van der Waals surface area contributed by atoms with Gasteiger partial charge in [-0.2, -0.15) is 0 Å². The monoisotopic (exact) mass is 319 g/mol. The average Bonchev–Trinajstić information content (AvgIpc) is 2.94. The molecule has 0 aliphatic carbocycles. The molecule has 2 fully saturated rings. The van der Waals surface area contributed by atoms with Crippen LogP contribution in [0, 0.1) is 5.82 Å². The largest absolute Gasteiger partial charge is 0.358 e. The molecule has 1 aromatic heterocycles. The number of hydrogen-bond acceptors (Lipinski definition) is 2. The van der Waals surface area contributed by atoms with E-state index in [1.54, 1.807) is 0 Å². The van der Waals surface area contributed by atoms with Crippen molar-refractivity contribution >= 4 is 10.9 Å². The Morgan fingerprint density at radius 2 is 1.78 bits per heavy atom. The normalized spacial score (nSPS) is 26.7. The molecular weight excluding hydrogens is 296 g/mol. The summed E-state index contributed by atoms with van der Waals surface area (Å²) in [6.07, 6.45) is 1.80. The maximum absolute atomic E-state index is 14.6. The minimum absolute atomic E-state index is 0.146. The van der Waals surface area contributed by atoms with Crippen LogP contribution in [0.4, 0.5) is 8.78 Å². The summed E-state index contributed by atoms with van der Waals surface area (Å²) < 4.78 is 28.2. The van der Waals surface area contributed by atoms with Crippen LogP contribution in [-0.4, -0.2) is 37.3 Å². The summed E-state index contributed by atoms with van der Waals surface area (Å²) in [5.41, 5.74) is 3.00. The van der Waals surface area contributed by atoms with Gasteiger partial charge in [0.25, 0.3) is 0 Å². The molecule has 2 aliphatic heterocycles. The van der Waals surface area contributed by atoms with Crippen molar-refractivity contribution in [1.82, 2.24) is 15.6 Å². The molecule has 0 bridgehead atoms. The van der Waals surface area contributed by atoms with Crippen LogP contribution in [0.1, 0.15) is 42.4 Å². The van der Waals surface area contributed by atoms with Gasteiger partial charge in [0.2, 0.25) is 0 Å². The summed E-state index contributed by atoms with van der Waals surface area (Å²) >= 11 is 0. The van der Waals surface area contributed by atoms with Crippen LogP contribution in [-0.2, 0) is 0 Å².